The molecule has 0 bridgehead atoms. The first-order valence-corrected chi connectivity index (χ1v) is 6.74. The van der Waals surface area contributed by atoms with Crippen molar-refractivity contribution in [1.29, 1.82) is 0 Å². The molecule has 0 saturated carbocycles. The first kappa shape index (κ1) is 16.9. The summed E-state index contributed by atoms with van der Waals surface area (Å²) in [4.78, 5) is 0. The van der Waals surface area contributed by atoms with Gasteiger partial charge in [0.05, 0.1) is 19.3 Å². The fourth-order valence-electron chi connectivity index (χ4n) is 2.04. The van der Waals surface area contributed by atoms with Crippen molar-refractivity contribution >= 4 is 0 Å². The quantitative estimate of drug-likeness (QED) is 0.635. The van der Waals surface area contributed by atoms with Crippen LogP contribution in [0.3, 0.4) is 0 Å². The van der Waals surface area contributed by atoms with E-state index in [2.05, 4.69) is 0 Å². The van der Waals surface area contributed by atoms with E-state index in [-0.39, 0.29) is 13.4 Å². The van der Waals surface area contributed by atoms with Gasteiger partial charge in [0.1, 0.15) is 12.5 Å². The Kier molecular flexibility index (Phi) is 8.22. The zero-order valence-corrected chi connectivity index (χ0v) is 12.1. The summed E-state index contributed by atoms with van der Waals surface area (Å²) in [5, 5.41) is 19.0. The second kappa shape index (κ2) is 9.72. The highest BCUT2D eigenvalue weighted by Gasteiger charge is 2.21. The van der Waals surface area contributed by atoms with Gasteiger partial charge in [-0.3, -0.25) is 0 Å². The summed E-state index contributed by atoms with van der Waals surface area (Å²) in [6.45, 7) is 0.179. The van der Waals surface area contributed by atoms with Crippen LogP contribution < -0.4 is 4.74 Å². The molecular formula is C15H24O5. The van der Waals surface area contributed by atoms with Crippen LogP contribution in [-0.4, -0.2) is 50.0 Å². The number of rotatable bonds is 10. The summed E-state index contributed by atoms with van der Waals surface area (Å²) in [7, 11) is 3.16. The lowest BCUT2D eigenvalue weighted by Crippen LogP contribution is -2.32. The average Bonchev–Trinajstić information content (AvgIpc) is 2.49. The van der Waals surface area contributed by atoms with E-state index in [4.69, 9.17) is 19.3 Å². The molecule has 0 aliphatic carbocycles. The van der Waals surface area contributed by atoms with Crippen molar-refractivity contribution in [3.05, 3.63) is 29.8 Å². The number of benzene rings is 1. The van der Waals surface area contributed by atoms with Crippen molar-refractivity contribution in [1.82, 2.24) is 0 Å². The molecule has 0 aliphatic heterocycles. The lowest BCUT2D eigenvalue weighted by atomic mass is 10.00. The molecule has 5 heteroatoms. The molecule has 20 heavy (non-hydrogen) atoms. The first-order valence-electron chi connectivity index (χ1n) is 6.74. The molecule has 0 saturated heterocycles. The van der Waals surface area contributed by atoms with E-state index in [1.165, 1.54) is 0 Å². The normalized spacial score (nSPS) is 14.0. The van der Waals surface area contributed by atoms with Gasteiger partial charge in [-0.2, -0.15) is 0 Å². The van der Waals surface area contributed by atoms with Crippen LogP contribution in [0.5, 0.6) is 5.75 Å². The third kappa shape index (κ3) is 5.46. The van der Waals surface area contributed by atoms with E-state index in [0.717, 1.165) is 11.3 Å². The topological polar surface area (TPSA) is 68.2 Å². The maximum Gasteiger partial charge on any atom is 0.146 e. The number of aliphatic hydroxyl groups excluding tert-OH is 2. The molecule has 2 N–H and O–H groups in total. The van der Waals surface area contributed by atoms with Crippen LogP contribution in [0.4, 0.5) is 0 Å². The molecule has 5 nitrogen and oxygen atoms in total. The first-order chi connectivity index (χ1) is 9.72. The van der Waals surface area contributed by atoms with E-state index >= 15 is 0 Å². The number of aliphatic hydroxyl groups is 2. The minimum Gasteiger partial charge on any atom is -0.496 e. The van der Waals surface area contributed by atoms with Crippen LogP contribution in [0.15, 0.2) is 24.3 Å². The molecule has 0 amide bonds. The standard InChI is InChI=1S/C15H24O5/c1-18-11-20-15(13(17)7-5-9-16)10-12-6-3-4-8-14(12)19-2/h3-4,6,8,13,15-17H,5,7,9-11H2,1-2H3/t13?,15-/m1/s1. The zero-order chi connectivity index (χ0) is 14.8. The Hall–Kier alpha value is -1.14. The minimum atomic E-state index is -0.651. The summed E-state index contributed by atoms with van der Waals surface area (Å²) in [5.74, 6) is 0.771. The number of para-hydroxylation sites is 1. The largest absolute Gasteiger partial charge is 0.496 e. The van der Waals surface area contributed by atoms with Crippen molar-refractivity contribution in [2.45, 2.75) is 31.5 Å². The predicted molar refractivity (Wildman–Crippen MR) is 75.8 cm³/mol. The van der Waals surface area contributed by atoms with Crippen LogP contribution in [0.1, 0.15) is 18.4 Å². The third-order valence-electron chi connectivity index (χ3n) is 3.10. The highest BCUT2D eigenvalue weighted by atomic mass is 16.7. The molecule has 0 fully saturated rings. The second-order valence-electron chi connectivity index (χ2n) is 4.56. The van der Waals surface area contributed by atoms with Gasteiger partial charge in [0.25, 0.3) is 0 Å². The summed E-state index contributed by atoms with van der Waals surface area (Å²) < 4.78 is 15.8. The Labute approximate surface area is 120 Å². The smallest absolute Gasteiger partial charge is 0.146 e. The monoisotopic (exact) mass is 284 g/mol. The van der Waals surface area contributed by atoms with Crippen LogP contribution in [0, 0.1) is 0 Å². The lowest BCUT2D eigenvalue weighted by Gasteiger charge is -2.23. The van der Waals surface area contributed by atoms with Gasteiger partial charge in [-0.05, 0) is 24.5 Å². The summed E-state index contributed by atoms with van der Waals surface area (Å²) >= 11 is 0. The van der Waals surface area contributed by atoms with Gasteiger partial charge in [-0.1, -0.05) is 18.2 Å². The average molecular weight is 284 g/mol. The molecule has 1 rings (SSSR count). The number of ether oxygens (including phenoxy) is 3. The van der Waals surface area contributed by atoms with Gasteiger partial charge in [0.2, 0.25) is 0 Å². The van der Waals surface area contributed by atoms with E-state index < -0.39 is 12.2 Å². The maximum atomic E-state index is 10.2. The van der Waals surface area contributed by atoms with E-state index in [1.807, 2.05) is 24.3 Å². The number of hydrogen-bond donors (Lipinski definition) is 2. The Bertz CT molecular complexity index is 369. The molecule has 1 aromatic carbocycles. The molecule has 1 unspecified atom stereocenters. The molecule has 0 spiro atoms. The van der Waals surface area contributed by atoms with Gasteiger partial charge < -0.3 is 24.4 Å². The fraction of sp³-hybridized carbons (Fsp3) is 0.600. The Morgan fingerprint density at radius 1 is 1.20 bits per heavy atom. The van der Waals surface area contributed by atoms with Gasteiger partial charge >= 0.3 is 0 Å². The zero-order valence-electron chi connectivity index (χ0n) is 12.1. The molecule has 1 aromatic rings. The van der Waals surface area contributed by atoms with Crippen LogP contribution >= 0.6 is 0 Å². The van der Waals surface area contributed by atoms with Gasteiger partial charge in [0.15, 0.2) is 0 Å². The van der Waals surface area contributed by atoms with E-state index in [0.29, 0.717) is 19.3 Å². The summed E-state index contributed by atoms with van der Waals surface area (Å²) in [6, 6.07) is 7.64. The minimum absolute atomic E-state index is 0.0582. The highest BCUT2D eigenvalue weighted by molar-refractivity contribution is 5.33. The van der Waals surface area contributed by atoms with Gasteiger partial charge in [0, 0.05) is 20.1 Å². The van der Waals surface area contributed by atoms with Crippen molar-refractivity contribution in [3.8, 4) is 5.75 Å². The number of hydrogen-bond acceptors (Lipinski definition) is 5. The Morgan fingerprint density at radius 2 is 1.95 bits per heavy atom. The maximum absolute atomic E-state index is 10.2. The van der Waals surface area contributed by atoms with Gasteiger partial charge in [-0.15, -0.1) is 0 Å². The van der Waals surface area contributed by atoms with Crippen LogP contribution in [0.2, 0.25) is 0 Å². The Balaban J connectivity index is 2.72. The SMILES string of the molecule is COCO[C@H](Cc1ccccc1OC)C(O)CCCO. The number of methoxy groups -OCH3 is 2. The van der Waals surface area contributed by atoms with E-state index in [1.54, 1.807) is 14.2 Å². The second-order valence-corrected chi connectivity index (χ2v) is 4.56. The van der Waals surface area contributed by atoms with Crippen molar-refractivity contribution in [2.75, 3.05) is 27.6 Å². The van der Waals surface area contributed by atoms with Crippen molar-refractivity contribution in [3.63, 3.8) is 0 Å². The molecule has 0 heterocycles. The fourth-order valence-corrected chi connectivity index (χ4v) is 2.04. The van der Waals surface area contributed by atoms with Crippen molar-refractivity contribution < 1.29 is 24.4 Å². The molecule has 114 valence electrons. The van der Waals surface area contributed by atoms with Crippen molar-refractivity contribution in [2.24, 2.45) is 0 Å². The molecule has 2 atom stereocenters. The molecule has 0 aromatic heterocycles. The van der Waals surface area contributed by atoms with E-state index in [9.17, 15) is 5.11 Å². The molecule has 0 radical (unpaired) electrons. The third-order valence-corrected chi connectivity index (χ3v) is 3.10. The van der Waals surface area contributed by atoms with Gasteiger partial charge in [-0.25, -0.2) is 0 Å². The van der Waals surface area contributed by atoms with Crippen LogP contribution in [-0.2, 0) is 15.9 Å². The summed E-state index contributed by atoms with van der Waals surface area (Å²) in [5.41, 5.74) is 0.971. The molecule has 0 aliphatic rings. The Morgan fingerprint density at radius 3 is 2.60 bits per heavy atom. The molecular weight excluding hydrogens is 260 g/mol. The lowest BCUT2D eigenvalue weighted by molar-refractivity contribution is -0.113. The van der Waals surface area contributed by atoms with Crippen LogP contribution in [0.25, 0.3) is 0 Å². The summed E-state index contributed by atoms with van der Waals surface area (Å²) in [6.07, 6.45) is 0.514. The predicted octanol–water partition coefficient (Wildman–Crippen LogP) is 1.36. The highest BCUT2D eigenvalue weighted by Crippen LogP contribution is 2.22.